The Morgan fingerprint density at radius 1 is 1.18 bits per heavy atom. The summed E-state index contributed by atoms with van der Waals surface area (Å²) in [6.07, 6.45) is 8.48. The Hall–Kier alpha value is -3.95. The summed E-state index contributed by atoms with van der Waals surface area (Å²) in [4.78, 5) is 19.2. The summed E-state index contributed by atoms with van der Waals surface area (Å²) in [5.74, 6) is 0.258. The third kappa shape index (κ3) is 6.74. The van der Waals surface area contributed by atoms with Gasteiger partial charge in [0.2, 0.25) is 5.88 Å². The minimum Gasteiger partial charge on any atom is -0.488 e. The maximum atomic E-state index is 11.6. The van der Waals surface area contributed by atoms with Crippen molar-refractivity contribution in [3.05, 3.63) is 87.4 Å². The van der Waals surface area contributed by atoms with E-state index < -0.39 is 5.97 Å². The van der Waals surface area contributed by atoms with Crippen LogP contribution in [0.2, 0.25) is 0 Å². The Labute approximate surface area is 260 Å². The lowest BCUT2D eigenvalue weighted by molar-refractivity contribution is 0.0289. The van der Waals surface area contributed by atoms with E-state index >= 15 is 0 Å². The molecule has 9 heteroatoms. The van der Waals surface area contributed by atoms with Gasteiger partial charge < -0.3 is 19.3 Å². The zero-order valence-corrected chi connectivity index (χ0v) is 26.6. The van der Waals surface area contributed by atoms with Crippen LogP contribution in [0.1, 0.15) is 85.3 Å². The summed E-state index contributed by atoms with van der Waals surface area (Å²) in [6.45, 7) is 12.7. The Kier molecular flexibility index (Phi) is 10.2. The van der Waals surface area contributed by atoms with Gasteiger partial charge in [0.15, 0.2) is 5.82 Å². The number of rotatable bonds is 11. The highest BCUT2D eigenvalue weighted by molar-refractivity contribution is 5.90. The second kappa shape index (κ2) is 14.2. The highest BCUT2D eigenvalue weighted by atomic mass is 16.5. The van der Waals surface area contributed by atoms with Crippen LogP contribution < -0.4 is 4.74 Å². The van der Waals surface area contributed by atoms with E-state index in [2.05, 4.69) is 42.1 Å². The van der Waals surface area contributed by atoms with Crippen molar-refractivity contribution in [2.75, 3.05) is 26.9 Å². The van der Waals surface area contributed by atoms with Crippen LogP contribution >= 0.6 is 0 Å². The highest BCUT2D eigenvalue weighted by Crippen LogP contribution is 2.32. The summed E-state index contributed by atoms with van der Waals surface area (Å²) in [5, 5.41) is 13.8. The SMILES string of the molecule is CC/C=C(\C(OCc1cc(CC)c2c(c1)CCN(C1CCOCC1)C2)=C(C)C)c1cccc(-n2ncc(C(=O)O)c2OC)n1. The second-order valence-electron chi connectivity index (χ2n) is 11.6. The van der Waals surface area contributed by atoms with E-state index in [4.69, 9.17) is 19.2 Å². The molecule has 0 spiro atoms. The molecule has 0 radical (unpaired) electrons. The van der Waals surface area contributed by atoms with Crippen LogP contribution in [0.15, 0.2) is 53.9 Å². The molecule has 0 unspecified atom stereocenters. The third-order valence-electron chi connectivity index (χ3n) is 8.48. The second-order valence-corrected chi connectivity index (χ2v) is 11.6. The van der Waals surface area contributed by atoms with Gasteiger partial charge in [0.05, 0.1) is 19.0 Å². The average molecular weight is 601 g/mol. The van der Waals surface area contributed by atoms with Crippen molar-refractivity contribution in [1.29, 1.82) is 0 Å². The number of hydrogen-bond acceptors (Lipinski definition) is 7. The smallest absolute Gasteiger partial charge is 0.342 e. The molecule has 1 aromatic carbocycles. The van der Waals surface area contributed by atoms with E-state index in [0.29, 0.717) is 24.2 Å². The molecular formula is C35H44N4O5. The zero-order valence-electron chi connectivity index (χ0n) is 26.6. The number of carboxylic acid groups (broad SMARTS) is 1. The molecule has 1 fully saturated rings. The van der Waals surface area contributed by atoms with Crippen molar-refractivity contribution in [1.82, 2.24) is 19.7 Å². The Balaban J connectivity index is 1.39. The highest BCUT2D eigenvalue weighted by Gasteiger charge is 2.27. The van der Waals surface area contributed by atoms with Crippen molar-refractivity contribution in [3.63, 3.8) is 0 Å². The number of carboxylic acids is 1. The first kappa shape index (κ1) is 31.5. The molecule has 3 aromatic rings. The first-order valence-corrected chi connectivity index (χ1v) is 15.6. The standard InChI is InChI=1S/C35H44N4O5/c1-6-9-28(31-10-8-11-32(37-31)39-34(42-5)29(20-36-39)35(40)41)33(23(3)4)44-22-24-18-25(7-2)30-21-38(15-12-26(30)19-24)27-13-16-43-17-14-27/h8-11,18-20,27H,6-7,12-17,21-22H2,1-5H3,(H,40,41)/b28-9-. The molecule has 0 saturated carbocycles. The van der Waals surface area contributed by atoms with E-state index in [0.717, 1.165) is 75.3 Å². The van der Waals surface area contributed by atoms with E-state index in [1.807, 2.05) is 26.0 Å². The first-order chi connectivity index (χ1) is 21.3. The number of pyridine rings is 1. The molecular weight excluding hydrogens is 556 g/mol. The molecule has 1 saturated heterocycles. The van der Waals surface area contributed by atoms with Crippen LogP contribution in [0.4, 0.5) is 0 Å². The molecule has 1 N–H and O–H groups in total. The molecule has 234 valence electrons. The molecule has 0 aliphatic carbocycles. The van der Waals surface area contributed by atoms with Gasteiger partial charge in [0.25, 0.3) is 0 Å². The lowest BCUT2D eigenvalue weighted by Gasteiger charge is -2.38. The summed E-state index contributed by atoms with van der Waals surface area (Å²) in [5.41, 5.74) is 8.14. The van der Waals surface area contributed by atoms with Gasteiger partial charge in [0, 0.05) is 37.9 Å². The normalized spacial score (nSPS) is 16.0. The van der Waals surface area contributed by atoms with E-state index in [1.165, 1.54) is 40.2 Å². The minimum absolute atomic E-state index is 0.0230. The largest absolute Gasteiger partial charge is 0.488 e. The minimum atomic E-state index is -1.11. The van der Waals surface area contributed by atoms with Crippen LogP contribution in [0.25, 0.3) is 11.4 Å². The van der Waals surface area contributed by atoms with Gasteiger partial charge in [-0.15, -0.1) is 0 Å². The summed E-state index contributed by atoms with van der Waals surface area (Å²) in [7, 11) is 1.42. The van der Waals surface area contributed by atoms with Crippen LogP contribution in [0.3, 0.4) is 0 Å². The number of nitrogens with zero attached hydrogens (tertiary/aromatic N) is 4. The number of aryl methyl sites for hydroxylation is 1. The number of hydrogen-bond donors (Lipinski definition) is 1. The first-order valence-electron chi connectivity index (χ1n) is 15.6. The number of benzene rings is 1. The monoisotopic (exact) mass is 600 g/mol. The van der Waals surface area contributed by atoms with Crippen LogP contribution in [0.5, 0.6) is 5.88 Å². The van der Waals surface area contributed by atoms with Crippen LogP contribution in [-0.4, -0.2) is 63.7 Å². The van der Waals surface area contributed by atoms with Gasteiger partial charge >= 0.3 is 5.97 Å². The van der Waals surface area contributed by atoms with Crippen molar-refractivity contribution in [2.24, 2.45) is 0 Å². The maximum Gasteiger partial charge on any atom is 0.342 e. The molecule has 2 aromatic heterocycles. The maximum absolute atomic E-state index is 11.6. The fraction of sp³-hybridized carbons (Fsp3) is 0.457. The Morgan fingerprint density at radius 2 is 1.98 bits per heavy atom. The number of allylic oxidation sites excluding steroid dienone is 3. The fourth-order valence-corrected chi connectivity index (χ4v) is 6.30. The van der Waals surface area contributed by atoms with Gasteiger partial charge in [-0.25, -0.2) is 9.78 Å². The van der Waals surface area contributed by atoms with Crippen molar-refractivity contribution in [3.8, 4) is 11.7 Å². The Morgan fingerprint density at radius 3 is 2.66 bits per heavy atom. The lowest BCUT2D eigenvalue weighted by atomic mass is 9.90. The van der Waals surface area contributed by atoms with E-state index in [1.54, 1.807) is 6.07 Å². The molecule has 0 bridgehead atoms. The molecule has 2 aliphatic heterocycles. The summed E-state index contributed by atoms with van der Waals surface area (Å²) in [6, 6.07) is 10.9. The van der Waals surface area contributed by atoms with Gasteiger partial charge in [-0.1, -0.05) is 38.1 Å². The Bertz CT molecular complexity index is 1530. The third-order valence-corrected chi connectivity index (χ3v) is 8.48. The van der Waals surface area contributed by atoms with Gasteiger partial charge in [-0.05, 0) is 85.9 Å². The van der Waals surface area contributed by atoms with Gasteiger partial charge in [-0.3, -0.25) is 4.90 Å². The molecule has 44 heavy (non-hydrogen) atoms. The number of methoxy groups -OCH3 is 1. The lowest BCUT2D eigenvalue weighted by Crippen LogP contribution is -2.42. The molecule has 0 amide bonds. The molecule has 9 nitrogen and oxygen atoms in total. The van der Waals surface area contributed by atoms with Crippen LogP contribution in [-0.2, 0) is 35.5 Å². The summed E-state index contributed by atoms with van der Waals surface area (Å²) < 4.78 is 19.0. The average Bonchev–Trinajstić information content (AvgIpc) is 3.49. The molecule has 4 heterocycles. The fourth-order valence-electron chi connectivity index (χ4n) is 6.30. The van der Waals surface area contributed by atoms with E-state index in [-0.39, 0.29) is 11.4 Å². The molecule has 0 atom stereocenters. The number of fused-ring (bicyclic) bond motifs is 1. The van der Waals surface area contributed by atoms with Crippen LogP contribution in [0, 0.1) is 0 Å². The number of aromatic carboxylic acids is 1. The number of aromatic nitrogens is 3. The van der Waals surface area contributed by atoms with E-state index in [9.17, 15) is 9.90 Å². The predicted molar refractivity (Wildman–Crippen MR) is 170 cm³/mol. The van der Waals surface area contributed by atoms with Crippen molar-refractivity contribution >= 4 is 11.5 Å². The molecule has 5 rings (SSSR count). The van der Waals surface area contributed by atoms with Crippen molar-refractivity contribution < 1.29 is 24.1 Å². The number of carbonyl (C=O) groups is 1. The zero-order chi connectivity index (χ0) is 31.2. The quantitative estimate of drug-likeness (QED) is 0.200. The number of ether oxygens (including phenoxy) is 3. The van der Waals surface area contributed by atoms with Gasteiger partial charge in [0.1, 0.15) is 17.9 Å². The summed E-state index contributed by atoms with van der Waals surface area (Å²) >= 11 is 0. The molecule has 2 aliphatic rings. The predicted octanol–water partition coefficient (Wildman–Crippen LogP) is 6.38. The topological polar surface area (TPSA) is 98.9 Å². The van der Waals surface area contributed by atoms with Crippen molar-refractivity contribution in [2.45, 2.75) is 79.0 Å². The van der Waals surface area contributed by atoms with Gasteiger partial charge in [-0.2, -0.15) is 9.78 Å².